The number of aromatic nitrogens is 1. The zero-order valence-electron chi connectivity index (χ0n) is 20.5. The average molecular weight is 505 g/mol. The quantitative estimate of drug-likeness (QED) is 0.138. The summed E-state index contributed by atoms with van der Waals surface area (Å²) in [5.74, 6) is -0.744. The second kappa shape index (κ2) is 10.4. The van der Waals surface area contributed by atoms with Gasteiger partial charge in [-0.1, -0.05) is 39.0 Å². The van der Waals surface area contributed by atoms with Crippen LogP contribution in [0.25, 0.3) is 10.9 Å². The van der Waals surface area contributed by atoms with Crippen LogP contribution in [0, 0.1) is 0 Å². The summed E-state index contributed by atoms with van der Waals surface area (Å²) in [6.07, 6.45) is 1.84. The molecule has 0 aliphatic heterocycles. The monoisotopic (exact) mass is 504 g/mol. The summed E-state index contributed by atoms with van der Waals surface area (Å²) in [6, 6.07) is 19.7. The molecule has 0 aliphatic rings. The number of fused-ring (bicyclic) bond motifs is 1. The molecule has 186 valence electrons. The molecular formula is C27H28N4O4S. The number of anilines is 3. The molecule has 8 nitrogen and oxygen atoms in total. The second-order valence-electron chi connectivity index (χ2n) is 9.27. The molecule has 0 fully saturated rings. The van der Waals surface area contributed by atoms with Gasteiger partial charge in [-0.25, -0.2) is 0 Å². The lowest BCUT2D eigenvalue weighted by Gasteiger charge is -2.20. The fourth-order valence-corrected chi connectivity index (χ4v) is 3.93. The highest BCUT2D eigenvalue weighted by Gasteiger charge is 2.19. The maximum Gasteiger partial charge on any atom is 0.257 e. The first-order valence-electron chi connectivity index (χ1n) is 11.3. The molecule has 36 heavy (non-hydrogen) atoms. The Bertz CT molecular complexity index is 1390. The largest absolute Gasteiger partial charge is 0.361 e. The van der Waals surface area contributed by atoms with Crippen LogP contribution in [0.4, 0.5) is 17.1 Å². The molecule has 0 aliphatic carbocycles. The normalized spacial score (nSPS) is 11.4. The van der Waals surface area contributed by atoms with Gasteiger partial charge in [0, 0.05) is 35.9 Å². The lowest BCUT2D eigenvalue weighted by Crippen LogP contribution is -2.21. The molecule has 1 heterocycles. The summed E-state index contributed by atoms with van der Waals surface area (Å²) in [5, 5.41) is 7.82. The maximum atomic E-state index is 13.2. The van der Waals surface area contributed by atoms with Crippen LogP contribution in [0.15, 0.2) is 72.9 Å². The maximum absolute atomic E-state index is 13.2. The highest BCUT2D eigenvalue weighted by atomic mass is 32.1. The molecule has 0 saturated heterocycles. The molecule has 4 aromatic rings. The van der Waals surface area contributed by atoms with Gasteiger partial charge in [0.15, 0.2) is 0 Å². The van der Waals surface area contributed by atoms with Crippen LogP contribution in [0.1, 0.15) is 47.1 Å². The lowest BCUT2D eigenvalue weighted by molar-refractivity contribution is 0.0252. The molecule has 3 N–H and O–H groups in total. The van der Waals surface area contributed by atoms with Crippen LogP contribution in [-0.4, -0.2) is 23.9 Å². The summed E-state index contributed by atoms with van der Waals surface area (Å²) in [4.78, 5) is 34.6. The van der Waals surface area contributed by atoms with Gasteiger partial charge < -0.3 is 15.6 Å². The number of rotatable bonds is 7. The Hall–Kier alpha value is -3.79. The molecule has 0 saturated carbocycles. The SMILES string of the molecule is CON(OS)c1ccc(C(=O)Nc2ccc3cc[nH]c3c2)c(NC(=O)c2ccc(C(C)(C)C)cc2)c1. The van der Waals surface area contributed by atoms with E-state index in [9.17, 15) is 9.59 Å². The summed E-state index contributed by atoms with van der Waals surface area (Å²) < 4.78 is 4.89. The van der Waals surface area contributed by atoms with E-state index < -0.39 is 0 Å². The zero-order chi connectivity index (χ0) is 25.9. The van der Waals surface area contributed by atoms with Gasteiger partial charge in [0.25, 0.3) is 11.8 Å². The number of aromatic amines is 1. The van der Waals surface area contributed by atoms with Crippen molar-refractivity contribution in [3.05, 3.63) is 89.6 Å². The number of thiol groups is 1. The topological polar surface area (TPSA) is 95.7 Å². The van der Waals surface area contributed by atoms with Gasteiger partial charge >= 0.3 is 0 Å². The first-order chi connectivity index (χ1) is 17.2. The molecule has 3 aromatic carbocycles. The molecule has 0 radical (unpaired) electrons. The first-order valence-corrected chi connectivity index (χ1v) is 11.7. The zero-order valence-corrected chi connectivity index (χ0v) is 21.4. The number of nitrogens with zero attached hydrogens (tertiary/aromatic N) is 1. The van der Waals surface area contributed by atoms with E-state index in [0.717, 1.165) is 21.7 Å². The van der Waals surface area contributed by atoms with Crippen molar-refractivity contribution in [3.63, 3.8) is 0 Å². The standard InChI is InChI=1S/C27H28N4O4S/c1-27(2,3)19-8-5-18(6-9-19)25(32)30-24-16-21(31(34-4)35-36)11-12-22(24)26(33)29-20-10-7-17-13-14-28-23(17)15-20/h5-16,28,36H,1-4H3,(H,29,33)(H,30,32). The Morgan fingerprint density at radius 3 is 2.33 bits per heavy atom. The summed E-state index contributed by atoms with van der Waals surface area (Å²) >= 11 is 3.79. The number of amides is 2. The van der Waals surface area contributed by atoms with Crippen LogP contribution in [0.3, 0.4) is 0 Å². The molecule has 2 amide bonds. The third-order valence-electron chi connectivity index (χ3n) is 5.77. The highest BCUT2D eigenvalue weighted by Crippen LogP contribution is 2.28. The fourth-order valence-electron chi connectivity index (χ4n) is 3.77. The summed E-state index contributed by atoms with van der Waals surface area (Å²) in [7, 11) is 1.41. The van der Waals surface area contributed by atoms with Gasteiger partial charge in [0.1, 0.15) is 0 Å². The molecule has 1 aromatic heterocycles. The highest BCUT2D eigenvalue weighted by molar-refractivity contribution is 7.75. The van der Waals surface area contributed by atoms with Crippen molar-refractivity contribution < 1.29 is 18.7 Å². The van der Waals surface area contributed by atoms with Crippen molar-refractivity contribution in [1.29, 1.82) is 0 Å². The van der Waals surface area contributed by atoms with E-state index in [4.69, 9.17) is 9.12 Å². The minimum atomic E-state index is -0.387. The van der Waals surface area contributed by atoms with E-state index in [0.29, 0.717) is 16.9 Å². The van der Waals surface area contributed by atoms with Crippen LogP contribution < -0.4 is 15.9 Å². The number of benzene rings is 3. The van der Waals surface area contributed by atoms with Crippen molar-refractivity contribution in [1.82, 2.24) is 4.98 Å². The third kappa shape index (κ3) is 5.54. The van der Waals surface area contributed by atoms with Crippen LogP contribution >= 0.6 is 12.9 Å². The van der Waals surface area contributed by atoms with Gasteiger partial charge in [-0.3, -0.25) is 14.4 Å². The molecule has 0 atom stereocenters. The van der Waals surface area contributed by atoms with Gasteiger partial charge in [-0.2, -0.15) is 4.28 Å². The Kier molecular flexibility index (Phi) is 7.35. The van der Waals surface area contributed by atoms with Crippen molar-refractivity contribution in [3.8, 4) is 0 Å². The smallest absolute Gasteiger partial charge is 0.257 e. The Balaban J connectivity index is 1.63. The van der Waals surface area contributed by atoms with Crippen molar-refractivity contribution in [2.45, 2.75) is 26.2 Å². The van der Waals surface area contributed by atoms with E-state index in [1.807, 2.05) is 42.6 Å². The van der Waals surface area contributed by atoms with Crippen molar-refractivity contribution >= 4 is 52.7 Å². The lowest BCUT2D eigenvalue weighted by atomic mass is 9.86. The van der Waals surface area contributed by atoms with E-state index in [-0.39, 0.29) is 28.5 Å². The minimum Gasteiger partial charge on any atom is -0.361 e. The van der Waals surface area contributed by atoms with Crippen molar-refractivity contribution in [2.24, 2.45) is 0 Å². The molecule has 0 spiro atoms. The number of nitrogens with one attached hydrogen (secondary N) is 3. The molecule has 9 heteroatoms. The number of carbonyl (C=O) groups excluding carboxylic acids is 2. The first kappa shape index (κ1) is 25.3. The van der Waals surface area contributed by atoms with E-state index in [2.05, 4.69) is 49.3 Å². The number of hydrogen-bond acceptors (Lipinski definition) is 6. The summed E-state index contributed by atoms with van der Waals surface area (Å²) in [6.45, 7) is 6.32. The predicted octanol–water partition coefficient (Wildman–Crippen LogP) is 6.11. The summed E-state index contributed by atoms with van der Waals surface area (Å²) in [5.41, 5.74) is 4.03. The third-order valence-corrected chi connectivity index (χ3v) is 5.92. The van der Waals surface area contributed by atoms with Crippen LogP contribution in [0.5, 0.6) is 0 Å². The molecule has 4 rings (SSSR count). The second-order valence-corrected chi connectivity index (χ2v) is 9.43. The molecular weight excluding hydrogens is 476 g/mol. The van der Waals surface area contributed by atoms with E-state index >= 15 is 0 Å². The van der Waals surface area contributed by atoms with Crippen molar-refractivity contribution in [2.75, 3.05) is 23.0 Å². The van der Waals surface area contributed by atoms with Gasteiger partial charge in [-0.15, -0.1) is 5.23 Å². The van der Waals surface area contributed by atoms with E-state index in [1.165, 1.54) is 7.11 Å². The Morgan fingerprint density at radius 1 is 0.917 bits per heavy atom. The number of H-pyrrole nitrogens is 1. The number of hydrogen-bond donors (Lipinski definition) is 4. The molecule has 0 unspecified atom stereocenters. The van der Waals surface area contributed by atoms with Gasteiger partial charge in [-0.05, 0) is 64.9 Å². The minimum absolute atomic E-state index is 0.0335. The van der Waals surface area contributed by atoms with E-state index in [1.54, 1.807) is 30.3 Å². The van der Waals surface area contributed by atoms with Gasteiger partial charge in [0.05, 0.1) is 24.0 Å². The Labute approximate surface area is 215 Å². The molecule has 0 bridgehead atoms. The van der Waals surface area contributed by atoms with Crippen LogP contribution in [-0.2, 0) is 14.5 Å². The van der Waals surface area contributed by atoms with Gasteiger partial charge in [0.2, 0.25) is 0 Å². The fraction of sp³-hybridized carbons (Fsp3) is 0.185. The Morgan fingerprint density at radius 2 is 1.67 bits per heavy atom. The van der Waals surface area contributed by atoms with Crippen LogP contribution in [0.2, 0.25) is 0 Å². The number of carbonyl (C=O) groups is 2. The predicted molar refractivity (Wildman–Crippen MR) is 145 cm³/mol. The average Bonchev–Trinajstić information content (AvgIpc) is 3.32.